The summed E-state index contributed by atoms with van der Waals surface area (Å²) in [4.78, 5) is 21.0. The average Bonchev–Trinajstić information content (AvgIpc) is 3.00. The number of ether oxygens (including phenoxy) is 2. The number of rotatable bonds is 8. The Bertz CT molecular complexity index is 948. The summed E-state index contributed by atoms with van der Waals surface area (Å²) in [5.74, 6) is 1.23. The van der Waals surface area contributed by atoms with Crippen LogP contribution in [0.5, 0.6) is 11.6 Å². The van der Waals surface area contributed by atoms with E-state index in [0.717, 1.165) is 28.1 Å². The van der Waals surface area contributed by atoms with E-state index in [0.29, 0.717) is 18.8 Å². The number of hydrogen-bond acceptors (Lipinski definition) is 6. The molecule has 1 N–H and O–H groups in total. The van der Waals surface area contributed by atoms with Gasteiger partial charge in [0.1, 0.15) is 5.75 Å². The van der Waals surface area contributed by atoms with Crippen LogP contribution >= 0.6 is 0 Å². The molecule has 0 spiro atoms. The largest absolute Gasteiger partial charge is 0.497 e. The van der Waals surface area contributed by atoms with Crippen molar-refractivity contribution in [2.45, 2.75) is 12.5 Å². The van der Waals surface area contributed by atoms with Crippen LogP contribution in [0.1, 0.15) is 17.2 Å². The van der Waals surface area contributed by atoms with Gasteiger partial charge in [-0.2, -0.15) is 0 Å². The van der Waals surface area contributed by atoms with Gasteiger partial charge in [0.25, 0.3) is 0 Å². The van der Waals surface area contributed by atoms with Gasteiger partial charge in [-0.25, -0.2) is 23.2 Å². The van der Waals surface area contributed by atoms with Crippen molar-refractivity contribution < 1.29 is 22.7 Å². The maximum Gasteiger partial charge on any atom is 0.335 e. The Balaban J connectivity index is 1.80. The van der Waals surface area contributed by atoms with Crippen molar-refractivity contribution in [1.29, 1.82) is 0 Å². The van der Waals surface area contributed by atoms with Gasteiger partial charge in [-0.15, -0.1) is 4.83 Å². The van der Waals surface area contributed by atoms with Gasteiger partial charge in [-0.3, -0.25) is 0 Å². The highest BCUT2D eigenvalue weighted by atomic mass is 32.2. The molecular formula is C19H24N4O5S. The summed E-state index contributed by atoms with van der Waals surface area (Å²) in [5.41, 5.74) is 1.84. The van der Waals surface area contributed by atoms with Crippen LogP contribution in [0.3, 0.4) is 0 Å². The third-order valence-electron chi connectivity index (χ3n) is 4.64. The molecule has 1 unspecified atom stereocenters. The molecule has 10 heteroatoms. The minimum atomic E-state index is -3.58. The number of pyridine rings is 1. The van der Waals surface area contributed by atoms with Crippen molar-refractivity contribution in [2.75, 3.05) is 33.6 Å². The second-order valence-corrected chi connectivity index (χ2v) is 8.42. The van der Waals surface area contributed by atoms with Crippen molar-refractivity contribution in [2.24, 2.45) is 0 Å². The number of nitrogens with one attached hydrogen (secondary N) is 1. The molecule has 1 aromatic carbocycles. The van der Waals surface area contributed by atoms with Crippen molar-refractivity contribution in [1.82, 2.24) is 19.7 Å². The molecule has 1 aromatic heterocycles. The molecule has 9 nitrogen and oxygen atoms in total. The van der Waals surface area contributed by atoms with E-state index in [-0.39, 0.29) is 12.6 Å². The molecule has 1 saturated heterocycles. The molecule has 2 aromatic rings. The maximum absolute atomic E-state index is 12.9. The van der Waals surface area contributed by atoms with Gasteiger partial charge < -0.3 is 14.4 Å². The second kappa shape index (κ2) is 8.66. The third kappa shape index (κ3) is 5.15. The van der Waals surface area contributed by atoms with Crippen molar-refractivity contribution in [3.8, 4) is 11.6 Å². The fourth-order valence-electron chi connectivity index (χ4n) is 3.20. The summed E-state index contributed by atoms with van der Waals surface area (Å²) in [7, 11) is -0.442. The number of sulfonamides is 1. The number of hydrogen-bond donors (Lipinski definition) is 1. The molecule has 3 rings (SSSR count). The highest BCUT2D eigenvalue weighted by Gasteiger charge is 2.39. The molecule has 1 fully saturated rings. The van der Waals surface area contributed by atoms with E-state index in [1.807, 2.05) is 30.3 Å². The van der Waals surface area contributed by atoms with Crippen LogP contribution in [0.4, 0.5) is 4.79 Å². The first-order chi connectivity index (χ1) is 13.8. The quantitative estimate of drug-likeness (QED) is 0.696. The first-order valence-corrected chi connectivity index (χ1v) is 10.9. The highest BCUT2D eigenvalue weighted by molar-refractivity contribution is 7.88. The predicted molar refractivity (Wildman–Crippen MR) is 107 cm³/mol. The molecule has 2 heterocycles. The second-order valence-electron chi connectivity index (χ2n) is 6.70. The zero-order valence-electron chi connectivity index (χ0n) is 16.5. The standard InChI is InChI=1S/C19H24N4O5S/c1-27-16-7-4-14(5-8-16)10-11-22-17(15-6-9-18(28-2)20-12-15)13-23(19(22)24)21-29(3,25)26/h4-9,12,17,21H,10-11,13H2,1-3H3. The van der Waals surface area contributed by atoms with E-state index in [2.05, 4.69) is 9.82 Å². The van der Waals surface area contributed by atoms with Gasteiger partial charge in [0.2, 0.25) is 15.9 Å². The fraction of sp³-hybridized carbons (Fsp3) is 0.368. The number of methoxy groups -OCH3 is 2. The van der Waals surface area contributed by atoms with Gasteiger partial charge in [-0.05, 0) is 35.7 Å². The van der Waals surface area contributed by atoms with Crippen LogP contribution in [-0.4, -0.2) is 62.9 Å². The normalized spacial score (nSPS) is 16.9. The SMILES string of the molecule is COc1ccc(CCN2C(=O)N(NS(C)(=O)=O)CC2c2ccc(OC)nc2)cc1. The van der Waals surface area contributed by atoms with E-state index < -0.39 is 16.1 Å². The van der Waals surface area contributed by atoms with Gasteiger partial charge in [-0.1, -0.05) is 12.1 Å². The number of nitrogens with zero attached hydrogens (tertiary/aromatic N) is 3. The van der Waals surface area contributed by atoms with Crippen LogP contribution < -0.4 is 14.3 Å². The van der Waals surface area contributed by atoms with Crippen molar-refractivity contribution in [3.05, 3.63) is 53.7 Å². The summed E-state index contributed by atoms with van der Waals surface area (Å²) in [6, 6.07) is 10.4. The molecule has 0 bridgehead atoms. The topological polar surface area (TPSA) is 101 Å². The Morgan fingerprint density at radius 2 is 1.86 bits per heavy atom. The van der Waals surface area contributed by atoms with Gasteiger partial charge in [0.15, 0.2) is 0 Å². The minimum absolute atomic E-state index is 0.183. The Labute approximate surface area is 170 Å². The van der Waals surface area contributed by atoms with Crippen LogP contribution in [0.2, 0.25) is 0 Å². The van der Waals surface area contributed by atoms with Gasteiger partial charge >= 0.3 is 6.03 Å². The first kappa shape index (κ1) is 20.9. The Morgan fingerprint density at radius 3 is 2.41 bits per heavy atom. The zero-order chi connectivity index (χ0) is 21.0. The van der Waals surface area contributed by atoms with E-state index in [1.54, 1.807) is 24.3 Å². The number of benzene rings is 1. The maximum atomic E-state index is 12.9. The fourth-order valence-corrected chi connectivity index (χ4v) is 3.76. The number of aromatic nitrogens is 1. The third-order valence-corrected chi connectivity index (χ3v) is 5.19. The Kier molecular flexibility index (Phi) is 6.23. The summed E-state index contributed by atoms with van der Waals surface area (Å²) >= 11 is 0. The lowest BCUT2D eigenvalue weighted by Crippen LogP contribution is -2.44. The van der Waals surface area contributed by atoms with E-state index in [4.69, 9.17) is 9.47 Å². The van der Waals surface area contributed by atoms with Gasteiger partial charge in [0.05, 0.1) is 33.1 Å². The first-order valence-electron chi connectivity index (χ1n) is 8.99. The lowest BCUT2D eigenvalue weighted by molar-refractivity contribution is 0.182. The molecule has 0 radical (unpaired) electrons. The summed E-state index contributed by atoms with van der Waals surface area (Å²) in [6.07, 6.45) is 3.27. The Hall–Kier alpha value is -2.85. The molecule has 1 aliphatic rings. The zero-order valence-corrected chi connectivity index (χ0v) is 17.3. The smallest absolute Gasteiger partial charge is 0.335 e. The number of amides is 2. The van der Waals surface area contributed by atoms with Crippen LogP contribution in [0.15, 0.2) is 42.6 Å². The number of urea groups is 1. The minimum Gasteiger partial charge on any atom is -0.497 e. The lowest BCUT2D eigenvalue weighted by atomic mass is 10.1. The molecule has 2 amide bonds. The van der Waals surface area contributed by atoms with Crippen LogP contribution in [0.25, 0.3) is 0 Å². The molecular weight excluding hydrogens is 396 g/mol. The van der Waals surface area contributed by atoms with E-state index >= 15 is 0 Å². The molecule has 0 aliphatic carbocycles. The molecule has 1 atom stereocenters. The molecule has 0 saturated carbocycles. The highest BCUT2D eigenvalue weighted by Crippen LogP contribution is 2.29. The molecule has 156 valence electrons. The van der Waals surface area contributed by atoms with E-state index in [1.165, 1.54) is 7.11 Å². The monoisotopic (exact) mass is 420 g/mol. The number of carbonyl (C=O) groups excluding carboxylic acids is 1. The summed E-state index contributed by atoms with van der Waals surface area (Å²) < 4.78 is 33.5. The number of carbonyl (C=O) groups is 1. The number of hydrazine groups is 1. The molecule has 1 aliphatic heterocycles. The Morgan fingerprint density at radius 1 is 1.14 bits per heavy atom. The van der Waals surface area contributed by atoms with Crippen molar-refractivity contribution >= 4 is 16.1 Å². The lowest BCUT2D eigenvalue weighted by Gasteiger charge is -2.23. The van der Waals surface area contributed by atoms with E-state index in [9.17, 15) is 13.2 Å². The van der Waals surface area contributed by atoms with Gasteiger partial charge in [0, 0.05) is 18.8 Å². The van der Waals surface area contributed by atoms with Crippen LogP contribution in [0, 0.1) is 0 Å². The van der Waals surface area contributed by atoms with Crippen LogP contribution in [-0.2, 0) is 16.4 Å². The van der Waals surface area contributed by atoms with Crippen molar-refractivity contribution in [3.63, 3.8) is 0 Å². The predicted octanol–water partition coefficient (Wildman–Crippen LogP) is 1.58. The summed E-state index contributed by atoms with van der Waals surface area (Å²) in [5, 5.41) is 1.12. The average molecular weight is 420 g/mol. The summed E-state index contributed by atoms with van der Waals surface area (Å²) in [6.45, 7) is 0.603. The molecule has 29 heavy (non-hydrogen) atoms.